The summed E-state index contributed by atoms with van der Waals surface area (Å²) in [6.07, 6.45) is 1.07. The lowest BCUT2D eigenvalue weighted by atomic mass is 10.1. The van der Waals surface area contributed by atoms with Gasteiger partial charge in [0.25, 0.3) is 0 Å². The molecule has 0 atom stereocenters. The smallest absolute Gasteiger partial charge is 0.108 e. The van der Waals surface area contributed by atoms with E-state index >= 15 is 0 Å². The summed E-state index contributed by atoms with van der Waals surface area (Å²) in [4.78, 5) is 4.28. The normalized spacial score (nSPS) is 12.8. The largest absolute Gasteiger partial charge is 0.300 e. The first-order chi connectivity index (χ1) is 5.49. The zero-order valence-corrected chi connectivity index (χ0v) is 10.8. The quantitative estimate of drug-likeness (QED) is 0.336. The van der Waals surface area contributed by atoms with Crippen molar-refractivity contribution in [2.24, 2.45) is 10.9 Å². The Bertz CT molecular complexity index is 153. The SMILES string of the molecule is C/N=C(/CC(C)C)N(I)C(C)C. The summed E-state index contributed by atoms with van der Waals surface area (Å²) < 4.78 is 2.21. The van der Waals surface area contributed by atoms with E-state index in [2.05, 4.69) is 58.7 Å². The third kappa shape index (κ3) is 4.28. The van der Waals surface area contributed by atoms with Crippen LogP contribution >= 0.6 is 22.9 Å². The molecule has 0 fully saturated rings. The van der Waals surface area contributed by atoms with Crippen molar-refractivity contribution in [3.63, 3.8) is 0 Å². The maximum atomic E-state index is 4.28. The van der Waals surface area contributed by atoms with E-state index in [-0.39, 0.29) is 0 Å². The zero-order chi connectivity index (χ0) is 9.72. The van der Waals surface area contributed by atoms with Gasteiger partial charge in [0.05, 0.1) is 22.9 Å². The van der Waals surface area contributed by atoms with E-state index in [9.17, 15) is 0 Å². The van der Waals surface area contributed by atoms with Crippen LogP contribution in [0.4, 0.5) is 0 Å². The van der Waals surface area contributed by atoms with Crippen LogP contribution in [0.2, 0.25) is 0 Å². The Morgan fingerprint density at radius 1 is 1.33 bits per heavy atom. The monoisotopic (exact) mass is 282 g/mol. The Labute approximate surface area is 89.9 Å². The standard InChI is InChI=1S/C9H19IN2/c1-7(2)6-9(11-5)12(10)8(3)4/h7-8H,6H2,1-5H3/b11-9-. The number of halogens is 1. The molecule has 0 aliphatic heterocycles. The van der Waals surface area contributed by atoms with Crippen molar-refractivity contribution in [3.05, 3.63) is 0 Å². The average Bonchev–Trinajstić information content (AvgIpc) is 1.98. The molecule has 0 saturated carbocycles. The fourth-order valence-corrected chi connectivity index (χ4v) is 1.35. The first-order valence-corrected chi connectivity index (χ1v) is 5.36. The van der Waals surface area contributed by atoms with E-state index in [0.717, 1.165) is 6.42 Å². The summed E-state index contributed by atoms with van der Waals surface area (Å²) >= 11 is 2.33. The molecule has 0 aliphatic rings. The molecule has 0 bridgehead atoms. The van der Waals surface area contributed by atoms with Crippen LogP contribution in [0.5, 0.6) is 0 Å². The number of amidine groups is 1. The van der Waals surface area contributed by atoms with Crippen LogP contribution in [0.25, 0.3) is 0 Å². The van der Waals surface area contributed by atoms with Crippen molar-refractivity contribution in [2.45, 2.75) is 40.2 Å². The molecule has 0 radical (unpaired) electrons. The molecule has 0 heterocycles. The molecular formula is C9H19IN2. The predicted molar refractivity (Wildman–Crippen MR) is 63.8 cm³/mol. The minimum atomic E-state index is 0.531. The Balaban J connectivity index is 4.17. The Kier molecular flexibility index (Phi) is 5.88. The van der Waals surface area contributed by atoms with Gasteiger partial charge in [0, 0.05) is 19.5 Å². The lowest BCUT2D eigenvalue weighted by molar-refractivity contribution is 0.551. The van der Waals surface area contributed by atoms with Gasteiger partial charge in [-0.1, -0.05) is 13.8 Å². The number of hydrogen-bond acceptors (Lipinski definition) is 1. The average molecular weight is 282 g/mol. The fraction of sp³-hybridized carbons (Fsp3) is 0.889. The molecule has 2 nitrogen and oxygen atoms in total. The summed E-state index contributed by atoms with van der Waals surface area (Å²) in [5, 5.41) is 0. The Hall–Kier alpha value is 0.200. The lowest BCUT2D eigenvalue weighted by Crippen LogP contribution is -2.28. The van der Waals surface area contributed by atoms with E-state index in [1.54, 1.807) is 0 Å². The van der Waals surface area contributed by atoms with Gasteiger partial charge in [0.1, 0.15) is 5.84 Å². The van der Waals surface area contributed by atoms with Crippen molar-refractivity contribution < 1.29 is 0 Å². The third-order valence-electron chi connectivity index (χ3n) is 1.55. The molecule has 3 heteroatoms. The van der Waals surface area contributed by atoms with Crippen molar-refractivity contribution in [2.75, 3.05) is 7.05 Å². The molecule has 0 aliphatic carbocycles. The molecule has 0 unspecified atom stereocenters. The second-order valence-corrected chi connectivity index (χ2v) is 4.68. The molecular weight excluding hydrogens is 263 g/mol. The van der Waals surface area contributed by atoms with Crippen molar-refractivity contribution in [1.82, 2.24) is 3.11 Å². The van der Waals surface area contributed by atoms with Gasteiger partial charge in [0.15, 0.2) is 0 Å². The molecule has 0 aromatic heterocycles. The molecule has 72 valence electrons. The highest BCUT2D eigenvalue weighted by molar-refractivity contribution is 14.1. The van der Waals surface area contributed by atoms with E-state index in [1.807, 2.05) is 7.05 Å². The van der Waals surface area contributed by atoms with Crippen LogP contribution in [-0.4, -0.2) is 22.0 Å². The van der Waals surface area contributed by atoms with Crippen molar-refractivity contribution in [3.8, 4) is 0 Å². The van der Waals surface area contributed by atoms with Crippen LogP contribution in [0.1, 0.15) is 34.1 Å². The topological polar surface area (TPSA) is 15.6 Å². The maximum absolute atomic E-state index is 4.28. The molecule has 0 aromatic rings. The molecule has 0 N–H and O–H groups in total. The molecule has 0 aromatic carbocycles. The predicted octanol–water partition coefficient (Wildman–Crippen LogP) is 3.12. The number of nitrogens with zero attached hydrogens (tertiary/aromatic N) is 2. The fourth-order valence-electron chi connectivity index (χ4n) is 0.937. The minimum absolute atomic E-state index is 0.531. The van der Waals surface area contributed by atoms with Gasteiger partial charge in [-0.2, -0.15) is 0 Å². The van der Waals surface area contributed by atoms with Gasteiger partial charge in [-0.05, 0) is 19.8 Å². The maximum Gasteiger partial charge on any atom is 0.108 e. The van der Waals surface area contributed by atoms with Gasteiger partial charge in [-0.25, -0.2) is 0 Å². The minimum Gasteiger partial charge on any atom is -0.300 e. The van der Waals surface area contributed by atoms with Gasteiger partial charge in [0.2, 0.25) is 0 Å². The highest BCUT2D eigenvalue weighted by Gasteiger charge is 2.11. The van der Waals surface area contributed by atoms with E-state index in [0.29, 0.717) is 12.0 Å². The lowest BCUT2D eigenvalue weighted by Gasteiger charge is -2.23. The van der Waals surface area contributed by atoms with E-state index in [4.69, 9.17) is 0 Å². The molecule has 0 spiro atoms. The van der Waals surface area contributed by atoms with Crippen LogP contribution in [0.3, 0.4) is 0 Å². The van der Waals surface area contributed by atoms with Gasteiger partial charge in [-0.3, -0.25) is 4.99 Å². The summed E-state index contributed by atoms with van der Waals surface area (Å²) in [7, 11) is 1.87. The van der Waals surface area contributed by atoms with Crippen LogP contribution < -0.4 is 0 Å². The van der Waals surface area contributed by atoms with E-state index in [1.165, 1.54) is 5.84 Å². The first kappa shape index (κ1) is 12.2. The van der Waals surface area contributed by atoms with Crippen LogP contribution in [0.15, 0.2) is 4.99 Å². The second-order valence-electron chi connectivity index (χ2n) is 3.64. The zero-order valence-electron chi connectivity index (χ0n) is 8.63. The highest BCUT2D eigenvalue weighted by Crippen LogP contribution is 2.13. The third-order valence-corrected chi connectivity index (χ3v) is 3.22. The molecule has 0 saturated heterocycles. The summed E-state index contributed by atoms with van der Waals surface area (Å²) in [5.41, 5.74) is 0. The van der Waals surface area contributed by atoms with Gasteiger partial charge < -0.3 is 3.11 Å². The Morgan fingerprint density at radius 3 is 2.08 bits per heavy atom. The van der Waals surface area contributed by atoms with Gasteiger partial charge in [-0.15, -0.1) is 0 Å². The van der Waals surface area contributed by atoms with Crippen LogP contribution in [-0.2, 0) is 0 Å². The number of rotatable bonds is 3. The molecule has 12 heavy (non-hydrogen) atoms. The van der Waals surface area contributed by atoms with E-state index < -0.39 is 0 Å². The summed E-state index contributed by atoms with van der Waals surface area (Å²) in [5.74, 6) is 1.88. The molecule has 0 rings (SSSR count). The van der Waals surface area contributed by atoms with Crippen molar-refractivity contribution in [1.29, 1.82) is 0 Å². The molecule has 0 amide bonds. The Morgan fingerprint density at radius 2 is 1.83 bits per heavy atom. The summed E-state index contributed by atoms with van der Waals surface area (Å²) in [6, 6.07) is 0.531. The highest BCUT2D eigenvalue weighted by atomic mass is 127. The second kappa shape index (κ2) is 5.78. The first-order valence-electron chi connectivity index (χ1n) is 4.39. The number of hydrogen-bond donors (Lipinski definition) is 0. The van der Waals surface area contributed by atoms with Crippen molar-refractivity contribution >= 4 is 28.7 Å². The summed E-state index contributed by atoms with van der Waals surface area (Å²) in [6.45, 7) is 8.79. The number of aliphatic imine (C=N–C) groups is 1. The van der Waals surface area contributed by atoms with Crippen LogP contribution in [0, 0.1) is 5.92 Å². The van der Waals surface area contributed by atoms with Gasteiger partial charge >= 0.3 is 0 Å².